The van der Waals surface area contributed by atoms with E-state index < -0.39 is 0 Å². The van der Waals surface area contributed by atoms with Crippen molar-refractivity contribution in [1.82, 2.24) is 9.97 Å². The number of aromatic nitrogens is 2. The molecule has 2 aliphatic rings. The minimum atomic E-state index is 0.0683. The Balaban J connectivity index is 1.85. The summed E-state index contributed by atoms with van der Waals surface area (Å²) in [6, 6.07) is 0.114. The Bertz CT molecular complexity index is 471. The summed E-state index contributed by atoms with van der Waals surface area (Å²) in [4.78, 5) is 9.46. The smallest absolute Gasteiger partial charge is 0.157 e. The van der Waals surface area contributed by atoms with Crippen LogP contribution in [0.15, 0.2) is 6.20 Å². The van der Waals surface area contributed by atoms with Crippen LogP contribution in [0.5, 0.6) is 0 Å². The predicted octanol–water partition coefficient (Wildman–Crippen LogP) is 3.47. The molecule has 2 atom stereocenters. The summed E-state index contributed by atoms with van der Waals surface area (Å²) >= 11 is 0. The van der Waals surface area contributed by atoms with Gasteiger partial charge in [0, 0.05) is 30.1 Å². The largest absolute Gasteiger partial charge is 0.370 e. The fraction of sp³-hybridized carbons (Fsp3) is 0.765. The van der Waals surface area contributed by atoms with Crippen molar-refractivity contribution in [2.75, 3.05) is 6.61 Å². The normalized spacial score (nSPS) is 24.6. The molecule has 0 radical (unpaired) electrons. The van der Waals surface area contributed by atoms with Gasteiger partial charge in [0.15, 0.2) is 5.82 Å². The summed E-state index contributed by atoms with van der Waals surface area (Å²) in [5.74, 6) is 1.46. The number of nitrogens with zero attached hydrogens (tertiary/aromatic N) is 2. The molecule has 4 heteroatoms. The first-order valence-corrected chi connectivity index (χ1v) is 8.52. The zero-order valence-corrected chi connectivity index (χ0v) is 13.1. The molecule has 2 unspecified atom stereocenters. The molecule has 0 spiro atoms. The second kappa shape index (κ2) is 6.84. The van der Waals surface area contributed by atoms with E-state index in [0.717, 1.165) is 43.0 Å². The van der Waals surface area contributed by atoms with E-state index in [2.05, 4.69) is 11.9 Å². The van der Waals surface area contributed by atoms with Gasteiger partial charge in [-0.05, 0) is 44.9 Å². The van der Waals surface area contributed by atoms with Crippen LogP contribution in [0.4, 0.5) is 0 Å². The molecule has 1 aromatic rings. The monoisotopic (exact) mass is 289 g/mol. The minimum Gasteiger partial charge on any atom is -0.370 e. The maximum Gasteiger partial charge on any atom is 0.157 e. The molecule has 21 heavy (non-hydrogen) atoms. The van der Waals surface area contributed by atoms with E-state index >= 15 is 0 Å². The van der Waals surface area contributed by atoms with Gasteiger partial charge in [0.2, 0.25) is 0 Å². The maximum absolute atomic E-state index is 6.16. The standard InChI is InChI=1S/C17H27N3O/c1-2-21-16(12-7-4-3-5-8-12)17-19-11-13-14(18)9-6-10-15(13)20-17/h11-12,14,16H,2-10,18H2,1H3. The highest BCUT2D eigenvalue weighted by molar-refractivity contribution is 5.24. The third-order valence-electron chi connectivity index (χ3n) is 4.93. The van der Waals surface area contributed by atoms with Crippen molar-refractivity contribution >= 4 is 0 Å². The van der Waals surface area contributed by atoms with Gasteiger partial charge in [-0.25, -0.2) is 9.97 Å². The van der Waals surface area contributed by atoms with Crippen molar-refractivity contribution in [1.29, 1.82) is 0 Å². The molecule has 0 bridgehead atoms. The lowest BCUT2D eigenvalue weighted by Crippen LogP contribution is -2.24. The topological polar surface area (TPSA) is 61.0 Å². The first-order chi connectivity index (χ1) is 10.3. The van der Waals surface area contributed by atoms with Gasteiger partial charge in [-0.15, -0.1) is 0 Å². The van der Waals surface area contributed by atoms with Crippen LogP contribution < -0.4 is 5.73 Å². The first kappa shape index (κ1) is 14.9. The number of hydrogen-bond acceptors (Lipinski definition) is 4. The molecule has 1 aromatic heterocycles. The fourth-order valence-corrected chi connectivity index (χ4v) is 3.77. The van der Waals surface area contributed by atoms with Crippen LogP contribution in [0.1, 0.15) is 81.1 Å². The quantitative estimate of drug-likeness (QED) is 0.922. The van der Waals surface area contributed by atoms with E-state index in [1.165, 1.54) is 32.1 Å². The SMILES string of the molecule is CCOC(c1ncc2c(n1)CCCC2N)C1CCCCC1. The Morgan fingerprint density at radius 1 is 1.24 bits per heavy atom. The molecule has 116 valence electrons. The Morgan fingerprint density at radius 2 is 2.05 bits per heavy atom. The van der Waals surface area contributed by atoms with Crippen LogP contribution in [0.2, 0.25) is 0 Å². The predicted molar refractivity (Wildman–Crippen MR) is 82.8 cm³/mol. The number of fused-ring (bicyclic) bond motifs is 1. The Kier molecular flexibility index (Phi) is 4.86. The molecule has 0 aliphatic heterocycles. The van der Waals surface area contributed by atoms with E-state index in [0.29, 0.717) is 5.92 Å². The second-order valence-electron chi connectivity index (χ2n) is 6.40. The average molecular weight is 289 g/mol. The number of ether oxygens (including phenoxy) is 1. The van der Waals surface area contributed by atoms with Crippen molar-refractivity contribution in [2.45, 2.75) is 70.4 Å². The van der Waals surface area contributed by atoms with Crippen LogP contribution in [0.25, 0.3) is 0 Å². The molecule has 1 saturated carbocycles. The molecule has 1 heterocycles. The van der Waals surface area contributed by atoms with Gasteiger partial charge in [-0.3, -0.25) is 0 Å². The van der Waals surface area contributed by atoms with Crippen molar-refractivity contribution < 1.29 is 4.74 Å². The van der Waals surface area contributed by atoms with Crippen molar-refractivity contribution in [3.63, 3.8) is 0 Å². The van der Waals surface area contributed by atoms with Gasteiger partial charge in [0.25, 0.3) is 0 Å². The zero-order chi connectivity index (χ0) is 14.7. The molecule has 2 aliphatic carbocycles. The van der Waals surface area contributed by atoms with Crippen LogP contribution in [0.3, 0.4) is 0 Å². The summed E-state index contributed by atoms with van der Waals surface area (Å²) in [6.07, 6.45) is 11.7. The Morgan fingerprint density at radius 3 is 2.81 bits per heavy atom. The summed E-state index contributed by atoms with van der Waals surface area (Å²) in [5, 5.41) is 0. The summed E-state index contributed by atoms with van der Waals surface area (Å²) < 4.78 is 6.03. The Labute approximate surface area is 127 Å². The van der Waals surface area contributed by atoms with E-state index in [1.54, 1.807) is 0 Å². The number of aryl methyl sites for hydroxylation is 1. The van der Waals surface area contributed by atoms with Gasteiger partial charge >= 0.3 is 0 Å². The molecular weight excluding hydrogens is 262 g/mol. The number of rotatable bonds is 4. The molecule has 1 fully saturated rings. The molecule has 3 rings (SSSR count). The summed E-state index contributed by atoms with van der Waals surface area (Å²) in [7, 11) is 0. The Hall–Kier alpha value is -1.00. The summed E-state index contributed by atoms with van der Waals surface area (Å²) in [6.45, 7) is 2.78. The molecule has 0 amide bonds. The minimum absolute atomic E-state index is 0.0683. The van der Waals surface area contributed by atoms with Gasteiger partial charge < -0.3 is 10.5 Å². The average Bonchev–Trinajstić information content (AvgIpc) is 2.53. The fourth-order valence-electron chi connectivity index (χ4n) is 3.77. The first-order valence-electron chi connectivity index (χ1n) is 8.52. The number of nitrogens with two attached hydrogens (primary N) is 1. The van der Waals surface area contributed by atoms with Crippen LogP contribution in [0, 0.1) is 5.92 Å². The van der Waals surface area contributed by atoms with E-state index in [9.17, 15) is 0 Å². The number of hydrogen-bond donors (Lipinski definition) is 1. The van der Waals surface area contributed by atoms with Crippen LogP contribution in [-0.4, -0.2) is 16.6 Å². The van der Waals surface area contributed by atoms with E-state index in [4.69, 9.17) is 15.5 Å². The third kappa shape index (κ3) is 3.27. The van der Waals surface area contributed by atoms with Gasteiger partial charge in [0.05, 0.1) is 0 Å². The van der Waals surface area contributed by atoms with Gasteiger partial charge in [-0.2, -0.15) is 0 Å². The van der Waals surface area contributed by atoms with Crippen molar-refractivity contribution in [3.8, 4) is 0 Å². The lowest BCUT2D eigenvalue weighted by Gasteiger charge is -2.30. The molecule has 0 aromatic carbocycles. The highest BCUT2D eigenvalue weighted by Crippen LogP contribution is 2.36. The van der Waals surface area contributed by atoms with Gasteiger partial charge in [-0.1, -0.05) is 19.3 Å². The highest BCUT2D eigenvalue weighted by atomic mass is 16.5. The molecule has 4 nitrogen and oxygen atoms in total. The van der Waals surface area contributed by atoms with Crippen molar-refractivity contribution in [2.24, 2.45) is 11.7 Å². The van der Waals surface area contributed by atoms with E-state index in [-0.39, 0.29) is 12.1 Å². The molecule has 2 N–H and O–H groups in total. The van der Waals surface area contributed by atoms with Gasteiger partial charge in [0.1, 0.15) is 6.10 Å². The van der Waals surface area contributed by atoms with Crippen LogP contribution >= 0.6 is 0 Å². The highest BCUT2D eigenvalue weighted by Gasteiger charge is 2.29. The lowest BCUT2D eigenvalue weighted by atomic mass is 9.84. The summed E-state index contributed by atoms with van der Waals surface area (Å²) in [5.41, 5.74) is 8.46. The second-order valence-corrected chi connectivity index (χ2v) is 6.40. The van der Waals surface area contributed by atoms with Crippen LogP contribution in [-0.2, 0) is 11.2 Å². The third-order valence-corrected chi connectivity index (χ3v) is 4.93. The lowest BCUT2D eigenvalue weighted by molar-refractivity contribution is -0.000407. The molecule has 0 saturated heterocycles. The molecular formula is C17H27N3O. The van der Waals surface area contributed by atoms with E-state index in [1.807, 2.05) is 6.20 Å². The zero-order valence-electron chi connectivity index (χ0n) is 13.1. The maximum atomic E-state index is 6.16. The van der Waals surface area contributed by atoms with Crippen molar-refractivity contribution in [3.05, 3.63) is 23.3 Å².